The zero-order valence-electron chi connectivity index (χ0n) is 15.0. The van der Waals surface area contributed by atoms with Crippen LogP contribution in [0.3, 0.4) is 0 Å². The Morgan fingerprint density at radius 1 is 1.15 bits per heavy atom. The smallest absolute Gasteiger partial charge is 0.258 e. The van der Waals surface area contributed by atoms with Crippen molar-refractivity contribution in [2.75, 3.05) is 12.4 Å². The van der Waals surface area contributed by atoms with Crippen LogP contribution in [0.2, 0.25) is 0 Å². The van der Waals surface area contributed by atoms with Crippen LogP contribution in [0, 0.1) is 5.92 Å². The Morgan fingerprint density at radius 3 is 2.58 bits per heavy atom. The first kappa shape index (κ1) is 17.7. The number of nitrogens with one attached hydrogen (secondary N) is 1. The second kappa shape index (κ2) is 7.82. The summed E-state index contributed by atoms with van der Waals surface area (Å²) >= 11 is 0. The van der Waals surface area contributed by atoms with E-state index in [-0.39, 0.29) is 5.91 Å². The number of methoxy groups -OCH3 is 1. The summed E-state index contributed by atoms with van der Waals surface area (Å²) < 4.78 is 10.7. The Morgan fingerprint density at radius 2 is 1.88 bits per heavy atom. The van der Waals surface area contributed by atoms with Crippen LogP contribution >= 0.6 is 0 Å². The number of carbonyl (C=O) groups is 1. The Labute approximate surface area is 152 Å². The number of carbonyl (C=O) groups excluding carboxylic acids is 1. The molecule has 0 atom stereocenters. The monoisotopic (exact) mass is 351 g/mol. The van der Waals surface area contributed by atoms with Crippen LogP contribution in [0.15, 0.2) is 53.1 Å². The third-order valence-corrected chi connectivity index (χ3v) is 3.78. The van der Waals surface area contributed by atoms with Crippen LogP contribution in [0.25, 0.3) is 22.8 Å². The van der Waals surface area contributed by atoms with Crippen LogP contribution in [-0.2, 0) is 4.79 Å². The molecule has 1 N–H and O–H groups in total. The molecule has 6 heteroatoms. The predicted octanol–water partition coefficient (Wildman–Crippen LogP) is 4.40. The lowest BCUT2D eigenvalue weighted by molar-refractivity contribution is -0.116. The number of hydrogen-bond acceptors (Lipinski definition) is 5. The van der Waals surface area contributed by atoms with E-state index in [1.54, 1.807) is 7.11 Å². The number of hydrogen-bond donors (Lipinski definition) is 1. The van der Waals surface area contributed by atoms with Crippen molar-refractivity contribution >= 4 is 11.6 Å². The summed E-state index contributed by atoms with van der Waals surface area (Å²) in [5, 5.41) is 6.92. The normalized spacial score (nSPS) is 10.8. The lowest BCUT2D eigenvalue weighted by atomic mass is 10.1. The highest BCUT2D eigenvalue weighted by atomic mass is 16.5. The Kier molecular flexibility index (Phi) is 5.31. The highest BCUT2D eigenvalue weighted by Crippen LogP contribution is 2.29. The SMILES string of the molecule is COc1ccccc1-c1noc(-c2ccc(NC(=O)CC(C)C)cc2)n1. The van der Waals surface area contributed by atoms with Gasteiger partial charge in [0.25, 0.3) is 5.89 Å². The van der Waals surface area contributed by atoms with E-state index in [9.17, 15) is 4.79 Å². The number of amides is 1. The minimum atomic E-state index is 0.00370. The molecular formula is C20H21N3O3. The molecule has 0 saturated heterocycles. The molecule has 0 aliphatic heterocycles. The molecule has 0 saturated carbocycles. The largest absolute Gasteiger partial charge is 0.496 e. The van der Waals surface area contributed by atoms with E-state index >= 15 is 0 Å². The first-order valence-electron chi connectivity index (χ1n) is 8.44. The fourth-order valence-electron chi connectivity index (χ4n) is 2.56. The van der Waals surface area contributed by atoms with Crippen LogP contribution in [0.1, 0.15) is 20.3 Å². The summed E-state index contributed by atoms with van der Waals surface area (Å²) in [5.41, 5.74) is 2.28. The third kappa shape index (κ3) is 4.08. The van der Waals surface area contributed by atoms with Gasteiger partial charge in [0.2, 0.25) is 11.7 Å². The van der Waals surface area contributed by atoms with E-state index in [1.807, 2.05) is 62.4 Å². The zero-order chi connectivity index (χ0) is 18.5. The zero-order valence-corrected chi connectivity index (χ0v) is 15.0. The van der Waals surface area contributed by atoms with Gasteiger partial charge in [-0.1, -0.05) is 31.1 Å². The number of aromatic nitrogens is 2. The van der Waals surface area contributed by atoms with E-state index in [4.69, 9.17) is 9.26 Å². The molecule has 3 rings (SSSR count). The fraction of sp³-hybridized carbons (Fsp3) is 0.250. The van der Waals surface area contributed by atoms with E-state index in [1.165, 1.54) is 0 Å². The first-order chi connectivity index (χ1) is 12.6. The number of rotatable bonds is 6. The molecule has 0 unspecified atom stereocenters. The quantitative estimate of drug-likeness (QED) is 0.712. The van der Waals surface area contributed by atoms with Crippen molar-refractivity contribution < 1.29 is 14.1 Å². The highest BCUT2D eigenvalue weighted by molar-refractivity contribution is 5.91. The van der Waals surface area contributed by atoms with Gasteiger partial charge in [-0.3, -0.25) is 4.79 Å². The summed E-state index contributed by atoms with van der Waals surface area (Å²) in [6.07, 6.45) is 0.494. The Balaban J connectivity index is 1.76. The molecule has 26 heavy (non-hydrogen) atoms. The average Bonchev–Trinajstić information content (AvgIpc) is 3.11. The number of ether oxygens (including phenoxy) is 1. The van der Waals surface area contributed by atoms with Crippen molar-refractivity contribution in [3.63, 3.8) is 0 Å². The van der Waals surface area contributed by atoms with Crippen LogP contribution < -0.4 is 10.1 Å². The van der Waals surface area contributed by atoms with Gasteiger partial charge in [0.1, 0.15) is 5.75 Å². The number of benzene rings is 2. The fourth-order valence-corrected chi connectivity index (χ4v) is 2.56. The second-order valence-corrected chi connectivity index (χ2v) is 6.35. The van der Waals surface area contributed by atoms with Gasteiger partial charge in [-0.05, 0) is 42.3 Å². The van der Waals surface area contributed by atoms with Gasteiger partial charge in [0.05, 0.1) is 12.7 Å². The maximum absolute atomic E-state index is 11.8. The summed E-state index contributed by atoms with van der Waals surface area (Å²) in [6, 6.07) is 14.8. The molecule has 134 valence electrons. The molecule has 3 aromatic rings. The molecular weight excluding hydrogens is 330 g/mol. The van der Waals surface area contributed by atoms with E-state index in [0.717, 1.165) is 16.8 Å². The van der Waals surface area contributed by atoms with Gasteiger partial charge < -0.3 is 14.6 Å². The highest BCUT2D eigenvalue weighted by Gasteiger charge is 2.14. The minimum absolute atomic E-state index is 0.00370. The lowest BCUT2D eigenvalue weighted by Gasteiger charge is -2.07. The molecule has 0 spiro atoms. The Hall–Kier alpha value is -3.15. The molecule has 6 nitrogen and oxygen atoms in total. The summed E-state index contributed by atoms with van der Waals surface area (Å²) in [5.74, 6) is 1.88. The van der Waals surface area contributed by atoms with E-state index in [0.29, 0.717) is 29.8 Å². The van der Waals surface area contributed by atoms with Crippen LogP contribution in [-0.4, -0.2) is 23.2 Å². The maximum Gasteiger partial charge on any atom is 0.258 e. The predicted molar refractivity (Wildman–Crippen MR) is 99.8 cm³/mol. The standard InChI is InChI=1S/C20H21N3O3/c1-13(2)12-18(24)21-15-10-8-14(9-11-15)20-22-19(23-26-20)16-6-4-5-7-17(16)25-3/h4-11,13H,12H2,1-3H3,(H,21,24). The van der Waals surface area contributed by atoms with Crippen molar-refractivity contribution in [3.8, 4) is 28.6 Å². The van der Waals surface area contributed by atoms with Crippen LogP contribution in [0.5, 0.6) is 5.75 Å². The van der Waals surface area contributed by atoms with Gasteiger partial charge in [0, 0.05) is 17.7 Å². The molecule has 0 bridgehead atoms. The third-order valence-electron chi connectivity index (χ3n) is 3.78. The van der Waals surface area contributed by atoms with Crippen LogP contribution in [0.4, 0.5) is 5.69 Å². The molecule has 2 aromatic carbocycles. The van der Waals surface area contributed by atoms with Gasteiger partial charge in [-0.2, -0.15) is 4.98 Å². The van der Waals surface area contributed by atoms with Gasteiger partial charge in [0.15, 0.2) is 0 Å². The number of anilines is 1. The minimum Gasteiger partial charge on any atom is -0.496 e. The maximum atomic E-state index is 11.8. The van der Waals surface area contributed by atoms with Crippen molar-refractivity contribution in [2.24, 2.45) is 5.92 Å². The van der Waals surface area contributed by atoms with Gasteiger partial charge >= 0.3 is 0 Å². The Bertz CT molecular complexity index is 885. The molecule has 0 aliphatic carbocycles. The molecule has 0 fully saturated rings. The molecule has 0 radical (unpaired) electrons. The van der Waals surface area contributed by atoms with Crippen molar-refractivity contribution in [2.45, 2.75) is 20.3 Å². The number of para-hydroxylation sites is 1. The van der Waals surface area contributed by atoms with E-state index in [2.05, 4.69) is 15.5 Å². The van der Waals surface area contributed by atoms with Gasteiger partial charge in [-0.25, -0.2) is 0 Å². The summed E-state index contributed by atoms with van der Waals surface area (Å²) in [6.45, 7) is 4.02. The first-order valence-corrected chi connectivity index (χ1v) is 8.44. The van der Waals surface area contributed by atoms with Crippen molar-refractivity contribution in [1.29, 1.82) is 0 Å². The summed E-state index contributed by atoms with van der Waals surface area (Å²) in [7, 11) is 1.60. The molecule has 0 aliphatic rings. The molecule has 1 amide bonds. The second-order valence-electron chi connectivity index (χ2n) is 6.35. The van der Waals surface area contributed by atoms with E-state index < -0.39 is 0 Å². The lowest BCUT2D eigenvalue weighted by Crippen LogP contribution is -2.13. The van der Waals surface area contributed by atoms with Gasteiger partial charge in [-0.15, -0.1) is 0 Å². The number of nitrogens with zero attached hydrogens (tertiary/aromatic N) is 2. The average molecular weight is 351 g/mol. The van der Waals surface area contributed by atoms with Crippen molar-refractivity contribution in [3.05, 3.63) is 48.5 Å². The van der Waals surface area contributed by atoms with Crippen molar-refractivity contribution in [1.82, 2.24) is 10.1 Å². The topological polar surface area (TPSA) is 77.3 Å². The molecule has 1 heterocycles. The summed E-state index contributed by atoms with van der Waals surface area (Å²) in [4.78, 5) is 16.3. The molecule has 1 aromatic heterocycles.